The van der Waals surface area contributed by atoms with Crippen LogP contribution < -0.4 is 0 Å². The SMILES string of the molecule is CCCCN(CCCC)CCCCCCCCOC(=O)c1ccc(O)cc1. The summed E-state index contributed by atoms with van der Waals surface area (Å²) in [6.07, 6.45) is 12.3. The number of hydrogen-bond donors (Lipinski definition) is 1. The maximum absolute atomic E-state index is 11.8. The molecule has 0 aromatic heterocycles. The van der Waals surface area contributed by atoms with Crippen molar-refractivity contribution in [1.29, 1.82) is 0 Å². The lowest BCUT2D eigenvalue weighted by atomic mass is 10.1. The van der Waals surface area contributed by atoms with Crippen LogP contribution >= 0.6 is 0 Å². The van der Waals surface area contributed by atoms with Crippen LogP contribution in [0.2, 0.25) is 0 Å². The van der Waals surface area contributed by atoms with E-state index in [0.29, 0.717) is 12.2 Å². The molecule has 1 aromatic carbocycles. The van der Waals surface area contributed by atoms with Crippen LogP contribution in [0.1, 0.15) is 88.4 Å². The van der Waals surface area contributed by atoms with Crippen molar-refractivity contribution in [3.8, 4) is 5.75 Å². The van der Waals surface area contributed by atoms with Gasteiger partial charge in [-0.25, -0.2) is 4.79 Å². The van der Waals surface area contributed by atoms with E-state index in [1.54, 1.807) is 12.1 Å². The molecular formula is C23H39NO3. The van der Waals surface area contributed by atoms with Crippen LogP contribution in [0.4, 0.5) is 0 Å². The van der Waals surface area contributed by atoms with Gasteiger partial charge in [-0.15, -0.1) is 0 Å². The highest BCUT2D eigenvalue weighted by atomic mass is 16.5. The van der Waals surface area contributed by atoms with E-state index in [1.165, 1.54) is 83.1 Å². The summed E-state index contributed by atoms with van der Waals surface area (Å²) in [5, 5.41) is 9.22. The Kier molecular flexibility index (Phi) is 13.5. The molecule has 154 valence electrons. The number of aromatic hydroxyl groups is 1. The number of phenols is 1. The summed E-state index contributed by atoms with van der Waals surface area (Å²) in [7, 11) is 0. The van der Waals surface area contributed by atoms with Crippen molar-refractivity contribution in [3.05, 3.63) is 29.8 Å². The minimum absolute atomic E-state index is 0.158. The van der Waals surface area contributed by atoms with E-state index in [2.05, 4.69) is 18.7 Å². The summed E-state index contributed by atoms with van der Waals surface area (Å²) in [6, 6.07) is 6.18. The Bertz CT molecular complexity index is 479. The van der Waals surface area contributed by atoms with Gasteiger partial charge >= 0.3 is 5.97 Å². The molecule has 0 saturated carbocycles. The minimum atomic E-state index is -0.311. The van der Waals surface area contributed by atoms with E-state index in [1.807, 2.05) is 0 Å². The molecule has 4 nitrogen and oxygen atoms in total. The van der Waals surface area contributed by atoms with Crippen molar-refractivity contribution in [3.63, 3.8) is 0 Å². The number of carbonyl (C=O) groups is 1. The Morgan fingerprint density at radius 2 is 1.33 bits per heavy atom. The van der Waals surface area contributed by atoms with Gasteiger partial charge in [-0.3, -0.25) is 0 Å². The van der Waals surface area contributed by atoms with Gasteiger partial charge in [0.15, 0.2) is 0 Å². The van der Waals surface area contributed by atoms with Crippen LogP contribution in [0.15, 0.2) is 24.3 Å². The largest absolute Gasteiger partial charge is 0.508 e. The van der Waals surface area contributed by atoms with Gasteiger partial charge in [0.1, 0.15) is 5.75 Å². The third-order valence-electron chi connectivity index (χ3n) is 4.86. The molecule has 0 aliphatic heterocycles. The molecule has 0 amide bonds. The molecule has 0 saturated heterocycles. The van der Waals surface area contributed by atoms with E-state index in [-0.39, 0.29) is 11.7 Å². The van der Waals surface area contributed by atoms with Gasteiger partial charge in [0.05, 0.1) is 12.2 Å². The van der Waals surface area contributed by atoms with Crippen LogP contribution in [0.5, 0.6) is 5.75 Å². The molecule has 4 heteroatoms. The van der Waals surface area contributed by atoms with E-state index >= 15 is 0 Å². The summed E-state index contributed by atoms with van der Waals surface area (Å²) < 4.78 is 5.27. The van der Waals surface area contributed by atoms with Crippen molar-refractivity contribution in [2.24, 2.45) is 0 Å². The number of nitrogens with zero attached hydrogens (tertiary/aromatic N) is 1. The highest BCUT2D eigenvalue weighted by Crippen LogP contribution is 2.12. The molecule has 0 atom stereocenters. The molecule has 0 aliphatic rings. The van der Waals surface area contributed by atoms with Gasteiger partial charge in [-0.2, -0.15) is 0 Å². The molecule has 0 fully saturated rings. The number of hydrogen-bond acceptors (Lipinski definition) is 4. The molecule has 0 heterocycles. The van der Waals surface area contributed by atoms with Gasteiger partial charge in [0.2, 0.25) is 0 Å². The first-order valence-electron chi connectivity index (χ1n) is 10.9. The first kappa shape index (κ1) is 23.5. The smallest absolute Gasteiger partial charge is 0.338 e. The van der Waals surface area contributed by atoms with E-state index in [4.69, 9.17) is 4.74 Å². The summed E-state index contributed by atoms with van der Waals surface area (Å²) in [5.74, 6) is -0.153. The fraction of sp³-hybridized carbons (Fsp3) is 0.696. The number of carbonyl (C=O) groups excluding carboxylic acids is 1. The maximum Gasteiger partial charge on any atom is 0.338 e. The number of ether oxygens (including phenoxy) is 1. The zero-order valence-corrected chi connectivity index (χ0v) is 17.4. The van der Waals surface area contributed by atoms with Gasteiger partial charge in [0.25, 0.3) is 0 Å². The van der Waals surface area contributed by atoms with Gasteiger partial charge in [-0.1, -0.05) is 52.4 Å². The van der Waals surface area contributed by atoms with E-state index in [0.717, 1.165) is 12.8 Å². The summed E-state index contributed by atoms with van der Waals surface area (Å²) in [4.78, 5) is 14.5. The van der Waals surface area contributed by atoms with Crippen LogP contribution in [-0.4, -0.2) is 42.2 Å². The van der Waals surface area contributed by atoms with Gasteiger partial charge in [-0.05, 0) is 69.6 Å². The molecule has 27 heavy (non-hydrogen) atoms. The third-order valence-corrected chi connectivity index (χ3v) is 4.86. The number of esters is 1. The molecule has 1 aromatic rings. The Balaban J connectivity index is 2.00. The zero-order valence-electron chi connectivity index (χ0n) is 17.4. The highest BCUT2D eigenvalue weighted by molar-refractivity contribution is 5.89. The van der Waals surface area contributed by atoms with E-state index < -0.39 is 0 Å². The summed E-state index contributed by atoms with van der Waals surface area (Å²) in [6.45, 7) is 8.75. The third kappa shape index (κ3) is 11.7. The molecule has 1 N–H and O–H groups in total. The standard InChI is InChI=1S/C23H39NO3/c1-3-5-17-24(18-6-4-2)19-11-9-7-8-10-12-20-27-23(26)21-13-15-22(25)16-14-21/h13-16,25H,3-12,17-20H2,1-2H3. The van der Waals surface area contributed by atoms with Crippen LogP contribution in [-0.2, 0) is 4.74 Å². The Morgan fingerprint density at radius 3 is 1.93 bits per heavy atom. The molecule has 1 rings (SSSR count). The molecule has 0 bridgehead atoms. The van der Waals surface area contributed by atoms with Crippen molar-refractivity contribution >= 4 is 5.97 Å². The fourth-order valence-electron chi connectivity index (χ4n) is 3.09. The number of benzene rings is 1. The highest BCUT2D eigenvalue weighted by Gasteiger charge is 2.06. The predicted octanol–water partition coefficient (Wildman–Crippen LogP) is 5.79. The molecule has 0 spiro atoms. The zero-order chi connectivity index (χ0) is 19.7. The van der Waals surface area contributed by atoms with Crippen molar-refractivity contribution in [2.45, 2.75) is 78.1 Å². The molecule has 0 unspecified atom stereocenters. The van der Waals surface area contributed by atoms with E-state index in [9.17, 15) is 9.90 Å². The lowest BCUT2D eigenvalue weighted by Gasteiger charge is -2.21. The fourth-order valence-corrected chi connectivity index (χ4v) is 3.09. The Morgan fingerprint density at radius 1 is 0.815 bits per heavy atom. The summed E-state index contributed by atoms with van der Waals surface area (Å²) >= 11 is 0. The second kappa shape index (κ2) is 15.5. The first-order chi connectivity index (χ1) is 13.2. The minimum Gasteiger partial charge on any atom is -0.508 e. The number of phenolic OH excluding ortho intramolecular Hbond substituents is 1. The number of unbranched alkanes of at least 4 members (excludes halogenated alkanes) is 7. The Hall–Kier alpha value is -1.55. The van der Waals surface area contributed by atoms with Crippen molar-refractivity contribution in [2.75, 3.05) is 26.2 Å². The average molecular weight is 378 g/mol. The first-order valence-corrected chi connectivity index (χ1v) is 10.9. The quantitative estimate of drug-likeness (QED) is 0.292. The monoisotopic (exact) mass is 377 g/mol. The predicted molar refractivity (Wildman–Crippen MR) is 112 cm³/mol. The summed E-state index contributed by atoms with van der Waals surface area (Å²) in [5.41, 5.74) is 0.489. The lowest BCUT2D eigenvalue weighted by molar-refractivity contribution is 0.0497. The molecule has 0 aliphatic carbocycles. The van der Waals surface area contributed by atoms with Crippen molar-refractivity contribution in [1.82, 2.24) is 4.90 Å². The lowest BCUT2D eigenvalue weighted by Crippen LogP contribution is -2.27. The molecular weight excluding hydrogens is 338 g/mol. The van der Waals surface area contributed by atoms with Gasteiger partial charge < -0.3 is 14.7 Å². The topological polar surface area (TPSA) is 49.8 Å². The van der Waals surface area contributed by atoms with Crippen LogP contribution in [0, 0.1) is 0 Å². The van der Waals surface area contributed by atoms with Gasteiger partial charge in [0, 0.05) is 0 Å². The normalized spacial score (nSPS) is 11.1. The average Bonchev–Trinajstić information content (AvgIpc) is 2.68. The maximum atomic E-state index is 11.8. The molecule has 0 radical (unpaired) electrons. The Labute approximate surface area is 165 Å². The van der Waals surface area contributed by atoms with Crippen LogP contribution in [0.3, 0.4) is 0 Å². The van der Waals surface area contributed by atoms with Crippen LogP contribution in [0.25, 0.3) is 0 Å². The number of rotatable bonds is 16. The second-order valence-electron chi connectivity index (χ2n) is 7.35. The van der Waals surface area contributed by atoms with Crippen molar-refractivity contribution < 1.29 is 14.6 Å². The second-order valence-corrected chi connectivity index (χ2v) is 7.35.